The van der Waals surface area contributed by atoms with Gasteiger partial charge in [0, 0.05) is 53.3 Å². The van der Waals surface area contributed by atoms with Gasteiger partial charge in [-0.05, 0) is 79.3 Å². The first-order valence-electron chi connectivity index (χ1n) is 13.8. The molecule has 0 spiro atoms. The van der Waals surface area contributed by atoms with Crippen LogP contribution < -0.4 is 21.1 Å². The van der Waals surface area contributed by atoms with E-state index in [1.54, 1.807) is 24.4 Å². The van der Waals surface area contributed by atoms with E-state index in [0.29, 0.717) is 55.2 Å². The number of nitrogens with two attached hydrogens (primary N) is 1. The molecule has 0 saturated carbocycles. The van der Waals surface area contributed by atoms with Gasteiger partial charge in [0.05, 0.1) is 18.9 Å². The molecule has 3 aromatic carbocycles. The maximum Gasteiger partial charge on any atom is 0.251 e. The van der Waals surface area contributed by atoms with Crippen LogP contribution >= 0.6 is 0 Å². The topological polar surface area (TPSA) is 111 Å². The number of carbonyl (C=O) groups is 1. The van der Waals surface area contributed by atoms with Crippen molar-refractivity contribution in [2.45, 2.75) is 38.2 Å². The second-order valence-electron chi connectivity index (χ2n) is 10.3. The van der Waals surface area contributed by atoms with Crippen molar-refractivity contribution in [1.82, 2.24) is 15.3 Å². The molecule has 204 valence electrons. The van der Waals surface area contributed by atoms with Gasteiger partial charge in [-0.1, -0.05) is 24.3 Å². The lowest BCUT2D eigenvalue weighted by Gasteiger charge is -2.17. The van der Waals surface area contributed by atoms with Gasteiger partial charge >= 0.3 is 0 Å². The number of amides is 1. The number of fused-ring (bicyclic) bond motifs is 10. The van der Waals surface area contributed by atoms with Crippen LogP contribution in [-0.2, 0) is 17.8 Å². The minimum absolute atomic E-state index is 0.148. The van der Waals surface area contributed by atoms with E-state index in [2.05, 4.69) is 44.9 Å². The molecule has 6 bridgehead atoms. The van der Waals surface area contributed by atoms with E-state index >= 15 is 0 Å². The Bertz CT molecular complexity index is 1520. The second-order valence-corrected chi connectivity index (χ2v) is 10.3. The van der Waals surface area contributed by atoms with Gasteiger partial charge in [0.25, 0.3) is 5.91 Å². The summed E-state index contributed by atoms with van der Waals surface area (Å²) in [6.07, 6.45) is 5.52. The van der Waals surface area contributed by atoms with Gasteiger partial charge in [0.1, 0.15) is 5.75 Å². The van der Waals surface area contributed by atoms with Crippen LogP contribution in [0.3, 0.4) is 0 Å². The smallest absolute Gasteiger partial charge is 0.251 e. The van der Waals surface area contributed by atoms with Crippen LogP contribution in [0.5, 0.6) is 5.75 Å². The number of hydrogen-bond acceptors (Lipinski definition) is 7. The highest BCUT2D eigenvalue weighted by molar-refractivity contribution is 5.96. The maximum atomic E-state index is 12.6. The van der Waals surface area contributed by atoms with E-state index in [1.165, 1.54) is 11.1 Å². The molecule has 8 heteroatoms. The molecule has 3 aliphatic rings. The Morgan fingerprint density at radius 2 is 1.95 bits per heavy atom. The van der Waals surface area contributed by atoms with Crippen molar-refractivity contribution in [2.24, 2.45) is 0 Å². The number of hydrogen-bond donors (Lipinski definition) is 3. The highest BCUT2D eigenvalue weighted by Crippen LogP contribution is 2.34. The summed E-state index contributed by atoms with van der Waals surface area (Å²) in [6.45, 7) is 2.19. The van der Waals surface area contributed by atoms with Crippen LogP contribution in [0.4, 0.5) is 17.3 Å². The third-order valence-corrected chi connectivity index (χ3v) is 7.52. The summed E-state index contributed by atoms with van der Waals surface area (Å²) in [7, 11) is 0. The summed E-state index contributed by atoms with van der Waals surface area (Å²) in [5.74, 6) is 1.50. The molecule has 0 fully saturated rings. The Morgan fingerprint density at radius 1 is 1.02 bits per heavy atom. The van der Waals surface area contributed by atoms with E-state index < -0.39 is 0 Å². The number of aryl methyl sites for hydroxylation is 1. The highest BCUT2D eigenvalue weighted by atomic mass is 16.5. The third kappa shape index (κ3) is 5.77. The average Bonchev–Trinajstić information content (AvgIpc) is 3.39. The molecule has 8 nitrogen and oxygen atoms in total. The number of nitrogens with one attached hydrogen (secondary N) is 2. The van der Waals surface area contributed by atoms with Crippen LogP contribution in [0, 0.1) is 0 Å². The maximum absolute atomic E-state index is 12.6. The third-order valence-electron chi connectivity index (χ3n) is 7.52. The normalized spacial score (nSPS) is 17.1. The number of rotatable bonds is 3. The van der Waals surface area contributed by atoms with Crippen molar-refractivity contribution in [3.63, 3.8) is 0 Å². The van der Waals surface area contributed by atoms with E-state index in [4.69, 9.17) is 15.2 Å². The summed E-state index contributed by atoms with van der Waals surface area (Å²) >= 11 is 0. The number of aromatic nitrogens is 2. The number of nitrogens with zero attached hydrogens (tertiary/aromatic N) is 2. The first-order valence-corrected chi connectivity index (χ1v) is 13.8. The number of ether oxygens (including phenoxy) is 2. The standard InChI is InChI=1S/C32H33N5O3/c33-28-18-22-9-11-27(28)29-13-15-35-32(37-29)36-25-10-12-30(24(17-25)19-39-16-4-3-14-34-31(22)38)40-20-23-8-7-21-5-1-2-6-26(21)23/h1-2,5-6,9-13,15,17-18,23H,3-4,7-8,14,16,19-20,33H2,(H,34,38)(H,35,36,37). The van der Waals surface area contributed by atoms with Crippen LogP contribution in [0.15, 0.2) is 72.9 Å². The zero-order valence-corrected chi connectivity index (χ0v) is 22.4. The lowest BCUT2D eigenvalue weighted by molar-refractivity contribution is 0.0945. The summed E-state index contributed by atoms with van der Waals surface area (Å²) < 4.78 is 12.4. The van der Waals surface area contributed by atoms with Crippen LogP contribution in [0.2, 0.25) is 0 Å². The molecular formula is C32H33N5O3. The second kappa shape index (κ2) is 11.8. The van der Waals surface area contributed by atoms with Crippen LogP contribution in [0.25, 0.3) is 11.3 Å². The molecular weight excluding hydrogens is 502 g/mol. The van der Waals surface area contributed by atoms with Gasteiger partial charge in [-0.25, -0.2) is 9.97 Å². The summed E-state index contributed by atoms with van der Waals surface area (Å²) in [5, 5.41) is 6.28. The Kier molecular flexibility index (Phi) is 7.59. The van der Waals surface area contributed by atoms with Gasteiger partial charge in [0.2, 0.25) is 5.95 Å². The number of anilines is 3. The fraction of sp³-hybridized carbons (Fsp3) is 0.281. The van der Waals surface area contributed by atoms with Gasteiger partial charge in [0.15, 0.2) is 0 Å². The zero-order chi connectivity index (χ0) is 27.3. The van der Waals surface area contributed by atoms with Gasteiger partial charge in [-0.3, -0.25) is 4.79 Å². The Morgan fingerprint density at radius 3 is 2.88 bits per heavy atom. The van der Waals surface area contributed by atoms with Gasteiger partial charge < -0.3 is 25.8 Å². The predicted octanol–water partition coefficient (Wildman–Crippen LogP) is 5.62. The van der Waals surface area contributed by atoms with Crippen molar-refractivity contribution in [1.29, 1.82) is 0 Å². The molecule has 7 rings (SSSR count). The molecule has 1 aliphatic carbocycles. The van der Waals surface area contributed by atoms with Crippen molar-refractivity contribution in [3.05, 3.63) is 95.2 Å². The van der Waals surface area contributed by atoms with Crippen molar-refractivity contribution >= 4 is 23.2 Å². The van der Waals surface area contributed by atoms with Crippen molar-refractivity contribution in [3.8, 4) is 17.0 Å². The molecule has 4 N–H and O–H groups in total. The molecule has 1 aromatic heterocycles. The molecule has 0 radical (unpaired) electrons. The fourth-order valence-electron chi connectivity index (χ4n) is 5.37. The van der Waals surface area contributed by atoms with Crippen molar-refractivity contribution in [2.75, 3.05) is 30.8 Å². The summed E-state index contributed by atoms with van der Waals surface area (Å²) in [6, 6.07) is 21.7. The minimum atomic E-state index is -0.148. The number of nitrogen functional groups attached to an aromatic ring is 1. The quantitative estimate of drug-likeness (QED) is 0.292. The molecule has 40 heavy (non-hydrogen) atoms. The Hall–Kier alpha value is -4.43. The van der Waals surface area contributed by atoms with E-state index in [-0.39, 0.29) is 5.91 Å². The lowest BCUT2D eigenvalue weighted by Crippen LogP contribution is -2.24. The molecule has 2 aliphatic heterocycles. The summed E-state index contributed by atoms with van der Waals surface area (Å²) in [4.78, 5) is 21.7. The molecule has 1 atom stereocenters. The van der Waals surface area contributed by atoms with Crippen molar-refractivity contribution < 1.29 is 14.3 Å². The van der Waals surface area contributed by atoms with E-state index in [0.717, 1.165) is 48.2 Å². The fourth-order valence-corrected chi connectivity index (χ4v) is 5.37. The molecule has 1 unspecified atom stereocenters. The zero-order valence-electron chi connectivity index (χ0n) is 22.4. The lowest BCUT2D eigenvalue weighted by atomic mass is 10.0. The first-order chi connectivity index (χ1) is 19.6. The van der Waals surface area contributed by atoms with Gasteiger partial charge in [-0.15, -0.1) is 0 Å². The van der Waals surface area contributed by atoms with Crippen LogP contribution in [-0.4, -0.2) is 35.6 Å². The largest absolute Gasteiger partial charge is 0.493 e. The Labute approximate surface area is 234 Å². The number of carbonyl (C=O) groups excluding carboxylic acids is 1. The average molecular weight is 536 g/mol. The Balaban J connectivity index is 1.25. The first kappa shape index (κ1) is 25.8. The minimum Gasteiger partial charge on any atom is -0.493 e. The predicted molar refractivity (Wildman–Crippen MR) is 156 cm³/mol. The molecule has 1 amide bonds. The van der Waals surface area contributed by atoms with Crippen LogP contribution in [0.1, 0.15) is 52.2 Å². The van der Waals surface area contributed by atoms with Gasteiger partial charge in [-0.2, -0.15) is 0 Å². The molecule has 0 saturated heterocycles. The molecule has 3 heterocycles. The SMILES string of the molecule is Nc1cc2ccc1-c1ccnc(n1)Nc1ccc(OCC3CCc4ccccc43)c(c1)COCCCCNC2=O. The highest BCUT2D eigenvalue weighted by Gasteiger charge is 2.23. The van der Waals surface area contributed by atoms with E-state index in [1.807, 2.05) is 24.3 Å². The van der Waals surface area contributed by atoms with E-state index in [9.17, 15) is 4.79 Å². The number of benzene rings is 3. The monoisotopic (exact) mass is 535 g/mol. The summed E-state index contributed by atoms with van der Waals surface area (Å²) in [5.41, 5.74) is 13.3. The molecule has 4 aromatic rings.